The maximum atomic E-state index is 13.4. The lowest BCUT2D eigenvalue weighted by atomic mass is 9.95. The second-order valence-electron chi connectivity index (χ2n) is 8.19. The van der Waals surface area contributed by atoms with Gasteiger partial charge >= 0.3 is 5.91 Å². The first-order valence-corrected chi connectivity index (χ1v) is 12.5. The van der Waals surface area contributed by atoms with E-state index in [0.29, 0.717) is 56.5 Å². The van der Waals surface area contributed by atoms with E-state index in [0.717, 1.165) is 4.70 Å². The molecule has 10 heteroatoms. The molecule has 1 aromatic heterocycles. The van der Waals surface area contributed by atoms with E-state index in [1.165, 1.54) is 16.2 Å². The van der Waals surface area contributed by atoms with E-state index < -0.39 is 17.7 Å². The number of ether oxygens (including phenoxy) is 2. The normalized spacial score (nSPS) is 18.7. The van der Waals surface area contributed by atoms with E-state index in [9.17, 15) is 14.7 Å². The zero-order valence-electron chi connectivity index (χ0n) is 18.4. The number of rotatable bonds is 3. The Morgan fingerprint density at radius 3 is 2.44 bits per heavy atom. The summed E-state index contributed by atoms with van der Waals surface area (Å²) in [5.41, 5.74) is 1.50. The first-order chi connectivity index (χ1) is 17.4. The predicted molar refractivity (Wildman–Crippen MR) is 138 cm³/mol. The van der Waals surface area contributed by atoms with Gasteiger partial charge in [0, 0.05) is 15.6 Å². The molecule has 7 nitrogen and oxygen atoms in total. The number of hydrogen-bond acceptors (Lipinski definition) is 7. The minimum absolute atomic E-state index is 0.0590. The van der Waals surface area contributed by atoms with Crippen LogP contribution in [0.25, 0.3) is 16.0 Å². The Morgan fingerprint density at radius 2 is 1.67 bits per heavy atom. The quantitative estimate of drug-likeness (QED) is 0.195. The van der Waals surface area contributed by atoms with Crippen molar-refractivity contribution in [1.29, 1.82) is 0 Å². The molecule has 1 amide bonds. The highest BCUT2D eigenvalue weighted by Crippen LogP contribution is 2.45. The molecule has 36 heavy (non-hydrogen) atoms. The van der Waals surface area contributed by atoms with E-state index in [1.807, 2.05) is 0 Å². The van der Waals surface area contributed by atoms with Gasteiger partial charge in [-0.25, -0.2) is 4.98 Å². The van der Waals surface area contributed by atoms with Gasteiger partial charge < -0.3 is 14.6 Å². The van der Waals surface area contributed by atoms with Crippen LogP contribution in [-0.2, 0) is 9.59 Å². The summed E-state index contributed by atoms with van der Waals surface area (Å²) in [6.45, 7) is 0.793. The number of aliphatic hydroxyl groups is 1. The highest BCUT2D eigenvalue weighted by molar-refractivity contribution is 7.22. The van der Waals surface area contributed by atoms with Crippen LogP contribution < -0.4 is 14.4 Å². The molecule has 0 saturated carbocycles. The lowest BCUT2D eigenvalue weighted by Crippen LogP contribution is -2.29. The summed E-state index contributed by atoms with van der Waals surface area (Å²) < 4.78 is 11.9. The minimum Gasteiger partial charge on any atom is -0.507 e. The van der Waals surface area contributed by atoms with Crippen LogP contribution in [0.15, 0.2) is 66.2 Å². The molecule has 3 heterocycles. The summed E-state index contributed by atoms with van der Waals surface area (Å²) in [6.07, 6.45) is 0. The molecular formula is C26H16Cl2N2O5S. The van der Waals surface area contributed by atoms with Crippen molar-refractivity contribution in [3.05, 3.63) is 87.4 Å². The van der Waals surface area contributed by atoms with Crippen molar-refractivity contribution in [2.75, 3.05) is 18.1 Å². The van der Waals surface area contributed by atoms with Crippen LogP contribution in [0, 0.1) is 0 Å². The standard InChI is InChI=1S/C26H16Cl2N2O5S/c27-15-4-1-13(2-5-15)22-21(23(31)14-3-8-18-19(11-14)35-10-9-34-18)24(32)25(33)30(22)26-29-17-7-6-16(28)12-20(17)36-26/h1-8,11-12,22,31H,9-10H2/t22-/m1/s1. The molecule has 1 atom stereocenters. The summed E-state index contributed by atoms with van der Waals surface area (Å²) in [6, 6.07) is 15.9. The lowest BCUT2D eigenvalue weighted by molar-refractivity contribution is -0.132. The molecule has 4 aromatic rings. The van der Waals surface area contributed by atoms with Crippen LogP contribution in [-0.4, -0.2) is 35.0 Å². The van der Waals surface area contributed by atoms with Crippen molar-refractivity contribution in [3.63, 3.8) is 0 Å². The van der Waals surface area contributed by atoms with Crippen molar-refractivity contribution in [2.45, 2.75) is 6.04 Å². The van der Waals surface area contributed by atoms with Crippen molar-refractivity contribution in [3.8, 4) is 11.5 Å². The highest BCUT2D eigenvalue weighted by atomic mass is 35.5. The largest absolute Gasteiger partial charge is 0.507 e. The van der Waals surface area contributed by atoms with Crippen LogP contribution >= 0.6 is 34.5 Å². The molecule has 6 rings (SSSR count). The Morgan fingerprint density at radius 1 is 0.944 bits per heavy atom. The van der Waals surface area contributed by atoms with Gasteiger partial charge in [-0.05, 0) is 54.1 Å². The Hall–Kier alpha value is -3.59. The molecule has 0 spiro atoms. The van der Waals surface area contributed by atoms with Gasteiger partial charge in [0.05, 0.1) is 21.8 Å². The maximum absolute atomic E-state index is 13.4. The zero-order chi connectivity index (χ0) is 25.0. The highest BCUT2D eigenvalue weighted by Gasteiger charge is 2.48. The molecule has 1 saturated heterocycles. The molecule has 0 unspecified atom stereocenters. The summed E-state index contributed by atoms with van der Waals surface area (Å²) in [4.78, 5) is 32.7. The number of benzene rings is 3. The molecule has 0 bridgehead atoms. The summed E-state index contributed by atoms with van der Waals surface area (Å²) >= 11 is 13.5. The van der Waals surface area contributed by atoms with Gasteiger partial charge in [0.1, 0.15) is 19.0 Å². The second-order valence-corrected chi connectivity index (χ2v) is 10.1. The summed E-state index contributed by atoms with van der Waals surface area (Å²) in [7, 11) is 0. The van der Waals surface area contributed by atoms with Crippen molar-refractivity contribution in [2.24, 2.45) is 0 Å². The number of amides is 1. The fourth-order valence-corrected chi connectivity index (χ4v) is 5.72. The van der Waals surface area contributed by atoms with Crippen molar-refractivity contribution in [1.82, 2.24) is 4.98 Å². The van der Waals surface area contributed by atoms with Gasteiger partial charge in [0.15, 0.2) is 16.6 Å². The molecule has 1 fully saturated rings. The van der Waals surface area contributed by atoms with Gasteiger partial charge in [0.2, 0.25) is 0 Å². The Balaban J connectivity index is 1.54. The average molecular weight is 539 g/mol. The molecule has 0 radical (unpaired) electrons. The Bertz CT molecular complexity index is 1580. The number of aliphatic hydroxyl groups excluding tert-OH is 1. The fraction of sp³-hybridized carbons (Fsp3) is 0.115. The van der Waals surface area contributed by atoms with Crippen LogP contribution in [0.1, 0.15) is 17.2 Å². The number of halogens is 2. The number of ketones is 1. The number of hydrogen-bond donors (Lipinski definition) is 1. The molecular weight excluding hydrogens is 523 g/mol. The van der Waals surface area contributed by atoms with Gasteiger partial charge in [-0.15, -0.1) is 0 Å². The number of fused-ring (bicyclic) bond motifs is 2. The second kappa shape index (κ2) is 8.81. The van der Waals surface area contributed by atoms with Crippen LogP contribution in [0.4, 0.5) is 5.13 Å². The smallest absolute Gasteiger partial charge is 0.301 e. The molecule has 3 aromatic carbocycles. The first-order valence-electron chi connectivity index (χ1n) is 10.9. The number of carbonyl (C=O) groups excluding carboxylic acids is 2. The third-order valence-corrected chi connectivity index (χ3v) is 7.50. The zero-order valence-corrected chi connectivity index (χ0v) is 20.7. The van der Waals surface area contributed by atoms with Gasteiger partial charge in [0.25, 0.3) is 5.78 Å². The van der Waals surface area contributed by atoms with E-state index in [2.05, 4.69) is 4.98 Å². The van der Waals surface area contributed by atoms with Gasteiger partial charge in [-0.1, -0.05) is 46.7 Å². The van der Waals surface area contributed by atoms with Gasteiger partial charge in [-0.3, -0.25) is 14.5 Å². The number of anilines is 1. The number of nitrogens with zero attached hydrogens (tertiary/aromatic N) is 2. The fourth-order valence-electron chi connectivity index (χ4n) is 4.33. The SMILES string of the molecule is O=C1C(=O)N(c2nc3ccc(Cl)cc3s2)[C@H](c2ccc(Cl)cc2)C1=C(O)c1ccc2c(c1)OCCO2. The minimum atomic E-state index is -0.925. The lowest BCUT2D eigenvalue weighted by Gasteiger charge is -2.23. The number of Topliss-reactive ketones (excluding diaryl/α,β-unsaturated/α-hetero) is 1. The summed E-state index contributed by atoms with van der Waals surface area (Å²) in [5.74, 6) is -0.943. The average Bonchev–Trinajstić information content (AvgIpc) is 3.41. The van der Waals surface area contributed by atoms with Crippen molar-refractivity contribution >= 4 is 67.3 Å². The summed E-state index contributed by atoms with van der Waals surface area (Å²) in [5, 5.41) is 12.7. The monoisotopic (exact) mass is 538 g/mol. The van der Waals surface area contributed by atoms with E-state index in [1.54, 1.807) is 60.7 Å². The Kier molecular flexibility index (Phi) is 5.59. The van der Waals surface area contributed by atoms with Crippen LogP contribution in [0.5, 0.6) is 11.5 Å². The number of aromatic nitrogens is 1. The van der Waals surface area contributed by atoms with E-state index >= 15 is 0 Å². The molecule has 2 aliphatic rings. The van der Waals surface area contributed by atoms with E-state index in [4.69, 9.17) is 32.7 Å². The van der Waals surface area contributed by atoms with Crippen molar-refractivity contribution < 1.29 is 24.2 Å². The third kappa shape index (κ3) is 3.78. The third-order valence-electron chi connectivity index (χ3n) is 5.99. The number of carbonyl (C=O) groups is 2. The van der Waals surface area contributed by atoms with Crippen LogP contribution in [0.3, 0.4) is 0 Å². The maximum Gasteiger partial charge on any atom is 0.301 e. The number of thiazole rings is 1. The van der Waals surface area contributed by atoms with Crippen LogP contribution in [0.2, 0.25) is 10.0 Å². The molecule has 1 N–H and O–H groups in total. The molecule has 180 valence electrons. The van der Waals surface area contributed by atoms with E-state index in [-0.39, 0.29) is 11.3 Å². The first kappa shape index (κ1) is 22.8. The topological polar surface area (TPSA) is 89.0 Å². The molecule has 2 aliphatic heterocycles. The Labute approximate surface area is 219 Å². The molecule has 0 aliphatic carbocycles. The predicted octanol–water partition coefficient (Wildman–Crippen LogP) is 6.00. The van der Waals surface area contributed by atoms with Gasteiger partial charge in [-0.2, -0.15) is 0 Å².